The Balaban J connectivity index is 1.73. The summed E-state index contributed by atoms with van der Waals surface area (Å²) in [5.74, 6) is 0.0652. The number of nitrogens with zero attached hydrogens (tertiary/aromatic N) is 1. The zero-order valence-electron chi connectivity index (χ0n) is 14.0. The zero-order chi connectivity index (χ0) is 18.5. The smallest absolute Gasteiger partial charge is 0.265 e. The Kier molecular flexibility index (Phi) is 5.30. The molecule has 0 aliphatic carbocycles. The van der Waals surface area contributed by atoms with Gasteiger partial charge in [0.05, 0.1) is 4.88 Å². The summed E-state index contributed by atoms with van der Waals surface area (Å²) in [6, 6.07) is 16.8. The molecule has 3 aromatic rings. The van der Waals surface area contributed by atoms with Crippen LogP contribution in [-0.2, 0) is 0 Å². The van der Waals surface area contributed by atoms with Crippen molar-refractivity contribution in [1.29, 1.82) is 5.26 Å². The molecule has 0 saturated carbocycles. The van der Waals surface area contributed by atoms with Gasteiger partial charge in [-0.3, -0.25) is 4.79 Å². The van der Waals surface area contributed by atoms with Gasteiger partial charge in [0.25, 0.3) is 5.91 Å². The molecule has 1 amide bonds. The van der Waals surface area contributed by atoms with Crippen LogP contribution in [0.15, 0.2) is 54.6 Å². The normalized spacial score (nSPS) is 10.2. The SMILES string of the molecule is Cc1cc(C(=O)Nc2ccc(OCC#N)cc2)sc1-c1ccc(F)cc1. The molecule has 0 saturated heterocycles. The molecule has 1 N–H and O–H groups in total. The number of ether oxygens (including phenoxy) is 1. The highest BCUT2D eigenvalue weighted by Gasteiger charge is 2.14. The summed E-state index contributed by atoms with van der Waals surface area (Å²) in [6.45, 7) is 1.90. The van der Waals surface area contributed by atoms with Crippen molar-refractivity contribution in [3.8, 4) is 22.3 Å². The average molecular weight is 366 g/mol. The van der Waals surface area contributed by atoms with E-state index >= 15 is 0 Å². The molecule has 1 heterocycles. The number of hydrogen-bond acceptors (Lipinski definition) is 4. The highest BCUT2D eigenvalue weighted by molar-refractivity contribution is 7.17. The third-order valence-corrected chi connectivity index (χ3v) is 4.95. The first-order valence-corrected chi connectivity index (χ1v) is 8.66. The number of amides is 1. The van der Waals surface area contributed by atoms with Crippen LogP contribution in [0.5, 0.6) is 5.75 Å². The third kappa shape index (κ3) is 4.08. The van der Waals surface area contributed by atoms with Gasteiger partial charge >= 0.3 is 0 Å². The number of halogens is 1. The number of carbonyl (C=O) groups is 1. The molecule has 0 aliphatic heterocycles. The number of aryl methyl sites for hydroxylation is 1. The number of nitrogens with one attached hydrogen (secondary N) is 1. The molecule has 0 unspecified atom stereocenters. The number of rotatable bonds is 5. The molecule has 2 aromatic carbocycles. The van der Waals surface area contributed by atoms with Gasteiger partial charge in [0.1, 0.15) is 17.6 Å². The molecule has 26 heavy (non-hydrogen) atoms. The van der Waals surface area contributed by atoms with Gasteiger partial charge < -0.3 is 10.1 Å². The van der Waals surface area contributed by atoms with Gasteiger partial charge in [0.2, 0.25) is 0 Å². The van der Waals surface area contributed by atoms with Crippen molar-refractivity contribution in [3.63, 3.8) is 0 Å². The summed E-state index contributed by atoms with van der Waals surface area (Å²) in [7, 11) is 0. The second-order valence-corrected chi connectivity index (χ2v) is 6.61. The van der Waals surface area contributed by atoms with E-state index in [-0.39, 0.29) is 18.3 Å². The quantitative estimate of drug-likeness (QED) is 0.690. The minimum Gasteiger partial charge on any atom is -0.479 e. The standard InChI is InChI=1S/C20H15FN2O2S/c1-13-12-18(26-19(13)14-2-4-15(21)5-3-14)20(24)23-16-6-8-17(9-7-16)25-11-10-22/h2-9,12H,11H2,1H3,(H,23,24). The van der Waals surface area contributed by atoms with Gasteiger partial charge in [0, 0.05) is 10.6 Å². The summed E-state index contributed by atoms with van der Waals surface area (Å²) < 4.78 is 18.3. The summed E-state index contributed by atoms with van der Waals surface area (Å²) in [4.78, 5) is 14.0. The molecule has 0 bridgehead atoms. The molecule has 1 aromatic heterocycles. The fourth-order valence-corrected chi connectivity index (χ4v) is 3.50. The van der Waals surface area contributed by atoms with Crippen LogP contribution in [0.25, 0.3) is 10.4 Å². The van der Waals surface area contributed by atoms with Crippen molar-refractivity contribution < 1.29 is 13.9 Å². The summed E-state index contributed by atoms with van der Waals surface area (Å²) in [6.07, 6.45) is 0. The predicted octanol–water partition coefficient (Wildman–Crippen LogP) is 5.02. The molecule has 0 aliphatic rings. The van der Waals surface area contributed by atoms with Crippen LogP contribution in [0.3, 0.4) is 0 Å². The molecule has 0 spiro atoms. The van der Waals surface area contributed by atoms with Crippen LogP contribution in [0.1, 0.15) is 15.2 Å². The Labute approximate surface area is 154 Å². The minimum atomic E-state index is -0.289. The van der Waals surface area contributed by atoms with E-state index in [0.717, 1.165) is 16.0 Å². The minimum absolute atomic E-state index is 0.0215. The van der Waals surface area contributed by atoms with Crippen molar-refractivity contribution in [2.75, 3.05) is 11.9 Å². The number of hydrogen-bond donors (Lipinski definition) is 1. The summed E-state index contributed by atoms with van der Waals surface area (Å²) in [5, 5.41) is 11.3. The van der Waals surface area contributed by atoms with E-state index in [4.69, 9.17) is 10.00 Å². The van der Waals surface area contributed by atoms with Crippen LogP contribution < -0.4 is 10.1 Å². The Morgan fingerprint density at radius 1 is 1.19 bits per heavy atom. The maximum atomic E-state index is 13.1. The van der Waals surface area contributed by atoms with Crippen molar-refractivity contribution in [3.05, 3.63) is 70.9 Å². The Morgan fingerprint density at radius 3 is 2.54 bits per heavy atom. The van der Waals surface area contributed by atoms with E-state index in [2.05, 4.69) is 5.32 Å². The average Bonchev–Trinajstić information content (AvgIpc) is 3.04. The highest BCUT2D eigenvalue weighted by atomic mass is 32.1. The molecule has 0 radical (unpaired) electrons. The lowest BCUT2D eigenvalue weighted by Crippen LogP contribution is -2.09. The van der Waals surface area contributed by atoms with Gasteiger partial charge in [-0.05, 0) is 60.5 Å². The Bertz CT molecular complexity index is 957. The Morgan fingerprint density at radius 2 is 1.88 bits per heavy atom. The van der Waals surface area contributed by atoms with E-state index < -0.39 is 0 Å². The molecule has 3 rings (SSSR count). The topological polar surface area (TPSA) is 62.1 Å². The molecule has 4 nitrogen and oxygen atoms in total. The van der Waals surface area contributed by atoms with Crippen LogP contribution in [-0.4, -0.2) is 12.5 Å². The molecule has 0 fully saturated rings. The van der Waals surface area contributed by atoms with E-state index in [0.29, 0.717) is 16.3 Å². The van der Waals surface area contributed by atoms with E-state index in [1.807, 2.05) is 19.1 Å². The maximum absolute atomic E-state index is 13.1. The second-order valence-electron chi connectivity index (χ2n) is 5.55. The van der Waals surface area contributed by atoms with Crippen molar-refractivity contribution in [2.24, 2.45) is 0 Å². The second kappa shape index (κ2) is 7.81. The Hall–Kier alpha value is -3.17. The first-order valence-electron chi connectivity index (χ1n) is 7.84. The van der Waals surface area contributed by atoms with Gasteiger partial charge in [0.15, 0.2) is 6.61 Å². The van der Waals surface area contributed by atoms with Crippen molar-refractivity contribution >= 4 is 22.9 Å². The molecule has 0 atom stereocenters. The third-order valence-electron chi connectivity index (χ3n) is 3.66. The van der Waals surface area contributed by atoms with Gasteiger partial charge in [-0.25, -0.2) is 4.39 Å². The van der Waals surface area contributed by atoms with Gasteiger partial charge in [-0.2, -0.15) is 5.26 Å². The van der Waals surface area contributed by atoms with Crippen LogP contribution in [0.2, 0.25) is 0 Å². The highest BCUT2D eigenvalue weighted by Crippen LogP contribution is 2.33. The fraction of sp³-hybridized carbons (Fsp3) is 0.100. The van der Waals surface area contributed by atoms with Crippen molar-refractivity contribution in [2.45, 2.75) is 6.92 Å². The van der Waals surface area contributed by atoms with Gasteiger partial charge in [-0.1, -0.05) is 12.1 Å². The zero-order valence-corrected chi connectivity index (χ0v) is 14.8. The summed E-state index contributed by atoms with van der Waals surface area (Å²) in [5.41, 5.74) is 2.48. The lowest BCUT2D eigenvalue weighted by Gasteiger charge is -2.05. The van der Waals surface area contributed by atoms with Gasteiger partial charge in [-0.15, -0.1) is 11.3 Å². The van der Waals surface area contributed by atoms with Crippen molar-refractivity contribution in [1.82, 2.24) is 0 Å². The summed E-state index contributed by atoms with van der Waals surface area (Å²) >= 11 is 1.36. The van der Waals surface area contributed by atoms with E-state index in [1.54, 1.807) is 36.4 Å². The van der Waals surface area contributed by atoms with E-state index in [9.17, 15) is 9.18 Å². The number of carbonyl (C=O) groups excluding carboxylic acids is 1. The van der Waals surface area contributed by atoms with Crippen LogP contribution in [0, 0.1) is 24.1 Å². The first-order chi connectivity index (χ1) is 12.6. The van der Waals surface area contributed by atoms with Crippen LogP contribution in [0.4, 0.5) is 10.1 Å². The van der Waals surface area contributed by atoms with E-state index in [1.165, 1.54) is 23.5 Å². The number of thiophene rings is 1. The monoisotopic (exact) mass is 366 g/mol. The number of benzene rings is 2. The molecule has 130 valence electrons. The largest absolute Gasteiger partial charge is 0.479 e. The fourth-order valence-electron chi connectivity index (χ4n) is 2.42. The predicted molar refractivity (Wildman–Crippen MR) is 100.0 cm³/mol. The molecular formula is C20H15FN2O2S. The number of anilines is 1. The first kappa shape index (κ1) is 17.6. The molecular weight excluding hydrogens is 351 g/mol. The molecule has 6 heteroatoms. The lowest BCUT2D eigenvalue weighted by atomic mass is 10.1. The lowest BCUT2D eigenvalue weighted by molar-refractivity contribution is 0.103. The maximum Gasteiger partial charge on any atom is 0.265 e. The van der Waals surface area contributed by atoms with Crippen LogP contribution >= 0.6 is 11.3 Å². The number of nitriles is 1.